The normalized spacial score (nSPS) is 12.8. The van der Waals surface area contributed by atoms with Gasteiger partial charge in [0.2, 0.25) is 0 Å². The van der Waals surface area contributed by atoms with Gasteiger partial charge in [-0.3, -0.25) is 0 Å². The fourth-order valence-corrected chi connectivity index (χ4v) is 5.61. The van der Waals surface area contributed by atoms with Gasteiger partial charge in [-0.1, -0.05) is 176 Å². The maximum absolute atomic E-state index is 11.5. The average molecular weight is 585 g/mol. The topological polar surface area (TPSA) is 40.5 Å². The highest BCUT2D eigenvalue weighted by Crippen LogP contribution is 2.35. The summed E-state index contributed by atoms with van der Waals surface area (Å²) in [6.45, 7) is 4.34. The SMILES string of the molecule is C=C(/C(=C\c1ccc(-c2ccccc2)cc1)C[C@H](O)c1ccc(-c2ccccc2)cc1)[C@@H](O)c1ccc(-c2ccccc2)cc1. The summed E-state index contributed by atoms with van der Waals surface area (Å²) in [7, 11) is 0. The van der Waals surface area contributed by atoms with E-state index < -0.39 is 12.2 Å². The van der Waals surface area contributed by atoms with Crippen LogP contribution in [0.1, 0.15) is 35.3 Å². The largest absolute Gasteiger partial charge is 0.388 e. The lowest BCUT2D eigenvalue weighted by atomic mass is 9.89. The minimum atomic E-state index is -0.919. The van der Waals surface area contributed by atoms with Crippen molar-refractivity contribution >= 4 is 6.08 Å². The van der Waals surface area contributed by atoms with E-state index in [9.17, 15) is 10.2 Å². The molecule has 0 radical (unpaired) electrons. The van der Waals surface area contributed by atoms with Gasteiger partial charge in [-0.15, -0.1) is 0 Å². The van der Waals surface area contributed by atoms with Gasteiger partial charge in [-0.05, 0) is 61.2 Å². The number of hydrogen-bond donors (Lipinski definition) is 2. The molecule has 0 bridgehead atoms. The van der Waals surface area contributed by atoms with E-state index in [1.807, 2.05) is 109 Å². The second kappa shape index (κ2) is 14.0. The highest BCUT2D eigenvalue weighted by molar-refractivity contribution is 5.68. The lowest BCUT2D eigenvalue weighted by Crippen LogP contribution is -2.07. The van der Waals surface area contributed by atoms with E-state index in [1.165, 1.54) is 0 Å². The third kappa shape index (κ3) is 7.27. The van der Waals surface area contributed by atoms with Crippen LogP contribution in [0.2, 0.25) is 0 Å². The fraction of sp³-hybridized carbons (Fsp3) is 0.0698. The van der Waals surface area contributed by atoms with E-state index >= 15 is 0 Å². The van der Waals surface area contributed by atoms with Gasteiger partial charge >= 0.3 is 0 Å². The Bertz CT molecular complexity index is 1850. The van der Waals surface area contributed by atoms with Gasteiger partial charge in [-0.2, -0.15) is 0 Å². The van der Waals surface area contributed by atoms with Crippen molar-refractivity contribution < 1.29 is 10.2 Å². The summed E-state index contributed by atoms with van der Waals surface area (Å²) in [4.78, 5) is 0. The van der Waals surface area contributed by atoms with Crippen molar-refractivity contribution in [2.24, 2.45) is 0 Å². The first-order valence-corrected chi connectivity index (χ1v) is 15.3. The number of aliphatic hydroxyl groups is 2. The minimum Gasteiger partial charge on any atom is -0.388 e. The van der Waals surface area contributed by atoms with Crippen LogP contribution in [0.3, 0.4) is 0 Å². The van der Waals surface area contributed by atoms with Crippen molar-refractivity contribution in [1.29, 1.82) is 0 Å². The van der Waals surface area contributed by atoms with E-state index in [1.54, 1.807) is 0 Å². The van der Waals surface area contributed by atoms with Crippen molar-refractivity contribution in [2.45, 2.75) is 18.6 Å². The zero-order valence-electron chi connectivity index (χ0n) is 25.1. The first-order valence-electron chi connectivity index (χ1n) is 15.3. The molecule has 6 aromatic rings. The Balaban J connectivity index is 1.27. The summed E-state index contributed by atoms with van der Waals surface area (Å²) in [6, 6.07) is 54.9. The molecule has 0 aliphatic carbocycles. The Hall–Kier alpha value is -5.28. The molecular formula is C43H36O2. The molecule has 0 spiro atoms. The molecule has 0 aliphatic heterocycles. The summed E-state index contributed by atoms with van der Waals surface area (Å²) in [6.07, 6.45) is 0.648. The summed E-state index contributed by atoms with van der Waals surface area (Å²) in [5.41, 5.74) is 10.6. The van der Waals surface area contributed by atoms with Crippen LogP contribution in [0, 0.1) is 0 Å². The van der Waals surface area contributed by atoms with Crippen LogP contribution in [-0.4, -0.2) is 10.2 Å². The van der Waals surface area contributed by atoms with Gasteiger partial charge in [0, 0.05) is 6.42 Å². The molecule has 0 unspecified atom stereocenters. The van der Waals surface area contributed by atoms with Crippen molar-refractivity contribution in [2.75, 3.05) is 0 Å². The molecular weight excluding hydrogens is 548 g/mol. The van der Waals surface area contributed by atoms with Crippen LogP contribution in [0.25, 0.3) is 39.5 Å². The van der Waals surface area contributed by atoms with Gasteiger partial charge in [0.15, 0.2) is 0 Å². The second-order valence-corrected chi connectivity index (χ2v) is 11.3. The maximum atomic E-state index is 11.5. The van der Waals surface area contributed by atoms with Crippen molar-refractivity contribution in [3.8, 4) is 33.4 Å². The van der Waals surface area contributed by atoms with E-state index in [4.69, 9.17) is 0 Å². The molecule has 0 aromatic heterocycles. The Kier molecular flexibility index (Phi) is 9.27. The van der Waals surface area contributed by atoms with Crippen molar-refractivity contribution in [3.05, 3.63) is 198 Å². The van der Waals surface area contributed by atoms with Gasteiger partial charge < -0.3 is 10.2 Å². The summed E-state index contributed by atoms with van der Waals surface area (Å²) >= 11 is 0. The predicted molar refractivity (Wildman–Crippen MR) is 187 cm³/mol. The van der Waals surface area contributed by atoms with E-state index in [0.717, 1.165) is 55.6 Å². The Labute approximate surface area is 265 Å². The maximum Gasteiger partial charge on any atom is 0.104 e. The number of aliphatic hydroxyl groups excluding tert-OH is 2. The van der Waals surface area contributed by atoms with Crippen LogP contribution >= 0.6 is 0 Å². The molecule has 45 heavy (non-hydrogen) atoms. The summed E-state index contributed by atoms with van der Waals surface area (Å²) in [5, 5.41) is 22.9. The van der Waals surface area contributed by atoms with Gasteiger partial charge in [0.1, 0.15) is 6.10 Å². The molecule has 0 heterocycles. The first kappa shape index (κ1) is 29.8. The summed E-state index contributed by atoms with van der Waals surface area (Å²) in [5.74, 6) is 0. The van der Waals surface area contributed by atoms with Crippen LogP contribution in [-0.2, 0) is 0 Å². The Morgan fingerprint density at radius 1 is 0.467 bits per heavy atom. The quantitative estimate of drug-likeness (QED) is 0.157. The monoisotopic (exact) mass is 584 g/mol. The van der Waals surface area contributed by atoms with E-state index in [-0.39, 0.29) is 0 Å². The zero-order chi connectivity index (χ0) is 31.0. The third-order valence-electron chi connectivity index (χ3n) is 8.25. The van der Waals surface area contributed by atoms with Crippen LogP contribution in [0.5, 0.6) is 0 Å². The molecule has 0 aliphatic rings. The molecule has 0 fully saturated rings. The van der Waals surface area contributed by atoms with Gasteiger partial charge in [0.25, 0.3) is 0 Å². The van der Waals surface area contributed by atoms with Crippen LogP contribution in [0.4, 0.5) is 0 Å². The standard InChI is InChI=1S/C43H36O2/c1-31(43(45)40-27-23-38(24-28-40)35-15-9-4-10-16-35)41(29-32-17-19-36(20-18-32)33-11-5-2-6-12-33)30-42(44)39-25-21-37(22-26-39)34-13-7-3-8-14-34/h2-29,42-45H,1,30H2/b41-29-/t42-,43+/m0/s1. The van der Waals surface area contributed by atoms with E-state index in [2.05, 4.69) is 67.2 Å². The van der Waals surface area contributed by atoms with Crippen molar-refractivity contribution in [1.82, 2.24) is 0 Å². The van der Waals surface area contributed by atoms with Crippen LogP contribution < -0.4 is 0 Å². The molecule has 0 saturated heterocycles. The molecule has 2 N–H and O–H groups in total. The highest BCUT2D eigenvalue weighted by atomic mass is 16.3. The third-order valence-corrected chi connectivity index (χ3v) is 8.25. The Morgan fingerprint density at radius 3 is 1.24 bits per heavy atom. The smallest absolute Gasteiger partial charge is 0.104 e. The van der Waals surface area contributed by atoms with Crippen LogP contribution in [0.15, 0.2) is 182 Å². The Morgan fingerprint density at radius 2 is 0.822 bits per heavy atom. The zero-order valence-corrected chi connectivity index (χ0v) is 25.1. The second-order valence-electron chi connectivity index (χ2n) is 11.3. The predicted octanol–water partition coefficient (Wildman–Crippen LogP) is 10.5. The molecule has 2 atom stereocenters. The van der Waals surface area contributed by atoms with Gasteiger partial charge in [0.05, 0.1) is 6.10 Å². The lowest BCUT2D eigenvalue weighted by molar-refractivity contribution is 0.175. The molecule has 2 nitrogen and oxygen atoms in total. The average Bonchev–Trinajstić information content (AvgIpc) is 3.12. The minimum absolute atomic E-state index is 0.309. The number of rotatable bonds is 10. The van der Waals surface area contributed by atoms with Crippen molar-refractivity contribution in [3.63, 3.8) is 0 Å². The first-order chi connectivity index (χ1) is 22.0. The molecule has 220 valence electrons. The lowest BCUT2D eigenvalue weighted by Gasteiger charge is -2.21. The molecule has 0 amide bonds. The molecule has 0 saturated carbocycles. The molecule has 2 heteroatoms. The summed E-state index contributed by atoms with van der Waals surface area (Å²) < 4.78 is 0. The van der Waals surface area contributed by atoms with Gasteiger partial charge in [-0.25, -0.2) is 0 Å². The molecule has 6 rings (SSSR count). The fourth-order valence-electron chi connectivity index (χ4n) is 5.61. The number of benzene rings is 6. The molecule has 6 aromatic carbocycles. The highest BCUT2D eigenvalue weighted by Gasteiger charge is 2.20. The van der Waals surface area contributed by atoms with E-state index in [0.29, 0.717) is 12.0 Å². The number of hydrogen-bond acceptors (Lipinski definition) is 2.